The molecule has 1 aromatic carbocycles. The van der Waals surface area contributed by atoms with Gasteiger partial charge in [-0.05, 0) is 38.5 Å². The van der Waals surface area contributed by atoms with Crippen LogP contribution in [0.15, 0.2) is 24.3 Å². The summed E-state index contributed by atoms with van der Waals surface area (Å²) in [6.45, 7) is 8.86. The molecule has 0 spiro atoms. The normalized spacial score (nSPS) is 20.8. The molecule has 1 saturated heterocycles. The summed E-state index contributed by atoms with van der Waals surface area (Å²) >= 11 is 0. The molecule has 1 fully saturated rings. The predicted molar refractivity (Wildman–Crippen MR) is 156 cm³/mol. The van der Waals surface area contributed by atoms with Gasteiger partial charge in [-0.25, -0.2) is 14.4 Å². The van der Waals surface area contributed by atoms with E-state index < -0.39 is 72.4 Å². The van der Waals surface area contributed by atoms with Gasteiger partial charge in [0.05, 0.1) is 7.11 Å². The number of carbonyl (C=O) groups excluding carboxylic acids is 6. The van der Waals surface area contributed by atoms with Crippen molar-refractivity contribution in [2.45, 2.75) is 84.5 Å². The van der Waals surface area contributed by atoms with E-state index in [9.17, 15) is 28.8 Å². The number of amides is 2. The lowest BCUT2D eigenvalue weighted by Gasteiger charge is -2.43. The standard InChI is InChI=1S/C30H42N2O14/c1-17(33)41-22-23(42-18(2)34)25(43-19(3)35)27(45-24(22)26(36)39-9)44-21-12-10-20(11-13-21)16-40-28(37)31(7)14-15-32(8)29(38)46-30(4,5)6/h10-13,22-25,27H,14-16H2,1-9H3/t22-,23-,24-,25+,27+/m0/s1. The lowest BCUT2D eigenvalue weighted by atomic mass is 9.97. The highest BCUT2D eigenvalue weighted by Gasteiger charge is 2.55. The van der Waals surface area contributed by atoms with Crippen LogP contribution in [0.4, 0.5) is 9.59 Å². The van der Waals surface area contributed by atoms with E-state index in [0.717, 1.165) is 27.9 Å². The van der Waals surface area contributed by atoms with Crippen molar-refractivity contribution >= 4 is 36.1 Å². The fourth-order valence-corrected chi connectivity index (χ4v) is 4.05. The van der Waals surface area contributed by atoms with Crippen LogP contribution < -0.4 is 4.74 Å². The first-order valence-electron chi connectivity index (χ1n) is 14.2. The van der Waals surface area contributed by atoms with Crippen molar-refractivity contribution in [1.82, 2.24) is 9.80 Å². The number of benzene rings is 1. The average molecular weight is 655 g/mol. The molecule has 0 aromatic heterocycles. The van der Waals surface area contributed by atoms with Crippen molar-refractivity contribution in [3.63, 3.8) is 0 Å². The molecule has 0 radical (unpaired) electrons. The van der Waals surface area contributed by atoms with Gasteiger partial charge in [-0.15, -0.1) is 0 Å². The lowest BCUT2D eigenvalue weighted by Crippen LogP contribution is -2.64. The number of ether oxygens (including phenoxy) is 8. The smallest absolute Gasteiger partial charge is 0.410 e. The fourth-order valence-electron chi connectivity index (χ4n) is 4.05. The molecule has 1 heterocycles. The van der Waals surface area contributed by atoms with Gasteiger partial charge in [0.2, 0.25) is 12.4 Å². The summed E-state index contributed by atoms with van der Waals surface area (Å²) in [4.78, 5) is 75.6. The molecule has 0 saturated carbocycles. The fraction of sp³-hybridized carbons (Fsp3) is 0.600. The van der Waals surface area contributed by atoms with E-state index in [2.05, 4.69) is 0 Å². The summed E-state index contributed by atoms with van der Waals surface area (Å²) in [5.74, 6) is -3.22. The summed E-state index contributed by atoms with van der Waals surface area (Å²) in [5, 5.41) is 0. The van der Waals surface area contributed by atoms with E-state index in [1.807, 2.05) is 0 Å². The number of nitrogens with zero attached hydrogens (tertiary/aromatic N) is 2. The van der Waals surface area contributed by atoms with Crippen LogP contribution in [0.1, 0.15) is 47.1 Å². The second-order valence-corrected chi connectivity index (χ2v) is 11.3. The molecule has 1 aliphatic heterocycles. The van der Waals surface area contributed by atoms with Crippen molar-refractivity contribution in [3.05, 3.63) is 29.8 Å². The maximum atomic E-state index is 12.6. The maximum absolute atomic E-state index is 12.6. The average Bonchev–Trinajstić information content (AvgIpc) is 2.95. The summed E-state index contributed by atoms with van der Waals surface area (Å²) in [7, 11) is 4.17. The summed E-state index contributed by atoms with van der Waals surface area (Å²) in [6.07, 6.45) is -8.72. The largest absolute Gasteiger partial charge is 0.467 e. The Kier molecular flexibility index (Phi) is 13.6. The first-order valence-corrected chi connectivity index (χ1v) is 14.2. The number of esters is 4. The molecule has 2 amide bonds. The Bertz CT molecular complexity index is 1240. The second-order valence-electron chi connectivity index (χ2n) is 11.3. The van der Waals surface area contributed by atoms with Crippen molar-refractivity contribution in [2.24, 2.45) is 0 Å². The van der Waals surface area contributed by atoms with Crippen molar-refractivity contribution < 1.29 is 66.7 Å². The Hall–Kier alpha value is -4.60. The molecule has 0 bridgehead atoms. The zero-order chi connectivity index (χ0) is 34.8. The minimum atomic E-state index is -1.60. The van der Waals surface area contributed by atoms with Gasteiger partial charge < -0.3 is 47.7 Å². The molecule has 1 aliphatic rings. The molecule has 0 unspecified atom stereocenters. The van der Waals surface area contributed by atoms with Crippen LogP contribution in [0.2, 0.25) is 0 Å². The Labute approximate surface area is 267 Å². The molecule has 16 nitrogen and oxygen atoms in total. The molecule has 0 aliphatic carbocycles. The van der Waals surface area contributed by atoms with Gasteiger partial charge in [0, 0.05) is 48.0 Å². The molecule has 5 atom stereocenters. The van der Waals surface area contributed by atoms with Crippen molar-refractivity contribution in [3.8, 4) is 5.75 Å². The molecule has 0 N–H and O–H groups in total. The number of likely N-dealkylation sites (N-methyl/N-ethyl adjacent to an activating group) is 2. The number of rotatable bonds is 11. The monoisotopic (exact) mass is 654 g/mol. The third-order valence-corrected chi connectivity index (χ3v) is 6.16. The van der Waals surface area contributed by atoms with Gasteiger partial charge in [-0.3, -0.25) is 14.4 Å². The first-order chi connectivity index (χ1) is 21.4. The van der Waals surface area contributed by atoms with Crippen LogP contribution in [0.3, 0.4) is 0 Å². The van der Waals surface area contributed by atoms with Gasteiger partial charge in [0.15, 0.2) is 18.3 Å². The molecule has 1 aromatic rings. The summed E-state index contributed by atoms with van der Waals surface area (Å²) in [6, 6.07) is 6.18. The molecular weight excluding hydrogens is 612 g/mol. The molecular formula is C30H42N2O14. The van der Waals surface area contributed by atoms with E-state index in [1.54, 1.807) is 40.0 Å². The van der Waals surface area contributed by atoms with E-state index >= 15 is 0 Å². The van der Waals surface area contributed by atoms with E-state index in [1.165, 1.54) is 29.0 Å². The van der Waals surface area contributed by atoms with E-state index in [-0.39, 0.29) is 25.4 Å². The number of methoxy groups -OCH3 is 1. The third kappa shape index (κ3) is 11.7. The Balaban J connectivity index is 2.11. The SMILES string of the molecule is COC(=O)[C@H]1O[C@@H](Oc2ccc(COC(=O)N(C)CCN(C)C(=O)OC(C)(C)C)cc2)[C@H](OC(C)=O)[C@@H](OC(C)=O)[C@@H]1OC(C)=O. The molecule has 16 heteroatoms. The minimum absolute atomic E-state index is 0.0929. The highest BCUT2D eigenvalue weighted by atomic mass is 16.7. The minimum Gasteiger partial charge on any atom is -0.467 e. The highest BCUT2D eigenvalue weighted by Crippen LogP contribution is 2.31. The van der Waals surface area contributed by atoms with Crippen LogP contribution in [0.25, 0.3) is 0 Å². The predicted octanol–water partition coefficient (Wildman–Crippen LogP) is 2.19. The van der Waals surface area contributed by atoms with Gasteiger partial charge in [-0.2, -0.15) is 0 Å². The van der Waals surface area contributed by atoms with Crippen LogP contribution in [0, 0.1) is 0 Å². The number of hydrogen-bond acceptors (Lipinski definition) is 14. The Morgan fingerprint density at radius 3 is 1.76 bits per heavy atom. The van der Waals surface area contributed by atoms with Crippen LogP contribution in [-0.4, -0.2) is 116 Å². The van der Waals surface area contributed by atoms with Gasteiger partial charge in [0.25, 0.3) is 0 Å². The Morgan fingerprint density at radius 2 is 1.26 bits per heavy atom. The zero-order valence-corrected chi connectivity index (χ0v) is 27.4. The van der Waals surface area contributed by atoms with Gasteiger partial charge >= 0.3 is 36.1 Å². The summed E-state index contributed by atoms with van der Waals surface area (Å²) < 4.78 is 42.9. The van der Waals surface area contributed by atoms with Crippen molar-refractivity contribution in [1.29, 1.82) is 0 Å². The van der Waals surface area contributed by atoms with Crippen LogP contribution in [0.5, 0.6) is 5.75 Å². The lowest BCUT2D eigenvalue weighted by molar-refractivity contribution is -0.282. The topological polar surface area (TPSA) is 183 Å². The van der Waals surface area contributed by atoms with Crippen LogP contribution in [-0.2, 0) is 58.9 Å². The molecule has 256 valence electrons. The maximum Gasteiger partial charge on any atom is 0.410 e. The third-order valence-electron chi connectivity index (χ3n) is 6.16. The zero-order valence-electron chi connectivity index (χ0n) is 27.4. The number of carbonyl (C=O) groups is 6. The first kappa shape index (κ1) is 37.6. The summed E-state index contributed by atoms with van der Waals surface area (Å²) in [5.41, 5.74) is -0.0581. The Morgan fingerprint density at radius 1 is 0.761 bits per heavy atom. The van der Waals surface area contributed by atoms with Crippen molar-refractivity contribution in [2.75, 3.05) is 34.3 Å². The highest BCUT2D eigenvalue weighted by molar-refractivity contribution is 5.77. The van der Waals surface area contributed by atoms with Gasteiger partial charge in [-0.1, -0.05) is 12.1 Å². The quantitative estimate of drug-likeness (QED) is 0.250. The molecule has 2 rings (SSSR count). The number of hydrogen-bond donors (Lipinski definition) is 0. The van der Waals surface area contributed by atoms with Crippen LogP contribution >= 0.6 is 0 Å². The second kappa shape index (κ2) is 16.6. The van der Waals surface area contributed by atoms with E-state index in [0.29, 0.717) is 5.56 Å². The van der Waals surface area contributed by atoms with E-state index in [4.69, 9.17) is 37.9 Å². The van der Waals surface area contributed by atoms with Gasteiger partial charge in [0.1, 0.15) is 18.0 Å². The molecule has 46 heavy (non-hydrogen) atoms.